The fraction of sp³-hybridized carbons (Fsp3) is 0.731. The number of aliphatic hydroxyl groups excluding tert-OH is 1. The number of likely N-dealkylation sites (tertiary alicyclic amines) is 1. The number of rotatable bonds is 14. The van der Waals surface area contributed by atoms with Gasteiger partial charge < -0.3 is 24.4 Å². The summed E-state index contributed by atoms with van der Waals surface area (Å²) in [7, 11) is 0. The largest absolute Gasteiger partial charge is 0.465 e. The number of esters is 1. The Morgan fingerprint density at radius 2 is 2.03 bits per heavy atom. The molecule has 6 atom stereocenters. The standard InChI is InChI=1S/C26H39BrN2O6/c1-5-7-11-15-34-25(33)19-20-23(31)29(13-9-8-10-14-30)22(24(32)28(12-6-2)17(3)4)26(20)16-18(27)21(19)35-26/h5-6,17-22,30H,1-2,7-16H2,3-4H3/t18?,19-,20-,21-,22?,26?/m0/s1. The first kappa shape index (κ1) is 27.9. The molecule has 3 aliphatic heterocycles. The summed E-state index contributed by atoms with van der Waals surface area (Å²) >= 11 is 3.67. The molecule has 2 bridgehead atoms. The van der Waals surface area contributed by atoms with Gasteiger partial charge in [0.25, 0.3) is 0 Å². The van der Waals surface area contributed by atoms with Crippen LogP contribution in [-0.2, 0) is 23.9 Å². The maximum Gasteiger partial charge on any atom is 0.312 e. The van der Waals surface area contributed by atoms with Gasteiger partial charge in [0.05, 0.1) is 24.5 Å². The van der Waals surface area contributed by atoms with Crippen LogP contribution >= 0.6 is 15.9 Å². The van der Waals surface area contributed by atoms with E-state index in [1.807, 2.05) is 13.8 Å². The third-order valence-corrected chi connectivity index (χ3v) is 8.23. The van der Waals surface area contributed by atoms with Crippen LogP contribution in [0.3, 0.4) is 0 Å². The number of fused-ring (bicyclic) bond motifs is 1. The third-order valence-electron chi connectivity index (χ3n) is 7.38. The summed E-state index contributed by atoms with van der Waals surface area (Å²) in [6.45, 7) is 12.4. The number of halogens is 1. The van der Waals surface area contributed by atoms with E-state index >= 15 is 0 Å². The zero-order chi connectivity index (χ0) is 25.8. The third kappa shape index (κ3) is 5.23. The summed E-state index contributed by atoms with van der Waals surface area (Å²) < 4.78 is 12.0. The van der Waals surface area contributed by atoms with Crippen molar-refractivity contribution in [3.8, 4) is 0 Å². The van der Waals surface area contributed by atoms with E-state index in [9.17, 15) is 14.4 Å². The van der Waals surface area contributed by atoms with E-state index in [0.29, 0.717) is 38.8 Å². The molecular formula is C26H39BrN2O6. The van der Waals surface area contributed by atoms with Crippen molar-refractivity contribution in [3.63, 3.8) is 0 Å². The van der Waals surface area contributed by atoms with Crippen LogP contribution in [0.25, 0.3) is 0 Å². The minimum atomic E-state index is -1.08. The van der Waals surface area contributed by atoms with E-state index in [0.717, 1.165) is 12.8 Å². The van der Waals surface area contributed by atoms with Crippen LogP contribution in [0.2, 0.25) is 0 Å². The van der Waals surface area contributed by atoms with Crippen molar-refractivity contribution in [2.45, 2.75) is 81.0 Å². The lowest BCUT2D eigenvalue weighted by Crippen LogP contribution is -2.58. The molecule has 3 saturated heterocycles. The van der Waals surface area contributed by atoms with Crippen LogP contribution in [0.1, 0.15) is 52.4 Å². The maximum absolute atomic E-state index is 14.0. The van der Waals surface area contributed by atoms with E-state index in [-0.39, 0.29) is 35.9 Å². The predicted octanol–water partition coefficient (Wildman–Crippen LogP) is 2.83. The number of ether oxygens (including phenoxy) is 2. The van der Waals surface area contributed by atoms with Crippen molar-refractivity contribution in [1.82, 2.24) is 9.80 Å². The molecule has 8 nitrogen and oxygen atoms in total. The zero-order valence-electron chi connectivity index (χ0n) is 20.9. The second-order valence-electron chi connectivity index (χ2n) is 9.95. The lowest BCUT2D eigenvalue weighted by atomic mass is 9.70. The Morgan fingerprint density at radius 3 is 2.66 bits per heavy atom. The Morgan fingerprint density at radius 1 is 1.29 bits per heavy atom. The molecule has 3 aliphatic rings. The van der Waals surface area contributed by atoms with Crippen molar-refractivity contribution < 1.29 is 29.0 Å². The van der Waals surface area contributed by atoms with Crippen molar-refractivity contribution >= 4 is 33.7 Å². The average molecular weight is 556 g/mol. The highest BCUT2D eigenvalue weighted by molar-refractivity contribution is 9.09. The average Bonchev–Trinajstić information content (AvgIpc) is 3.40. The number of hydrogen-bond donors (Lipinski definition) is 1. The van der Waals surface area contributed by atoms with Crippen LogP contribution in [0, 0.1) is 11.8 Å². The zero-order valence-corrected chi connectivity index (χ0v) is 22.5. The quantitative estimate of drug-likeness (QED) is 0.153. The number of allylic oxidation sites excluding steroid dienone is 1. The van der Waals surface area contributed by atoms with Gasteiger partial charge in [-0.1, -0.05) is 28.1 Å². The minimum Gasteiger partial charge on any atom is -0.465 e. The summed E-state index contributed by atoms with van der Waals surface area (Å²) in [5.41, 5.74) is -1.08. The van der Waals surface area contributed by atoms with Gasteiger partial charge in [-0.2, -0.15) is 0 Å². The van der Waals surface area contributed by atoms with E-state index in [2.05, 4.69) is 29.1 Å². The topological polar surface area (TPSA) is 96.4 Å². The normalized spacial score (nSPS) is 31.1. The van der Waals surface area contributed by atoms with Gasteiger partial charge in [-0.05, 0) is 52.4 Å². The fourth-order valence-corrected chi connectivity index (χ4v) is 6.78. The first-order valence-electron chi connectivity index (χ1n) is 12.7. The number of amides is 2. The van der Waals surface area contributed by atoms with Crippen LogP contribution in [0.5, 0.6) is 0 Å². The number of nitrogens with zero attached hydrogens (tertiary/aromatic N) is 2. The van der Waals surface area contributed by atoms with Gasteiger partial charge in [0.1, 0.15) is 11.6 Å². The molecule has 3 rings (SSSR count). The molecule has 3 heterocycles. The van der Waals surface area contributed by atoms with Gasteiger partial charge in [0, 0.05) is 30.6 Å². The molecular weight excluding hydrogens is 516 g/mol. The number of alkyl halides is 1. The molecule has 2 amide bonds. The highest BCUT2D eigenvalue weighted by atomic mass is 79.9. The van der Waals surface area contributed by atoms with E-state index < -0.39 is 35.6 Å². The van der Waals surface area contributed by atoms with Gasteiger partial charge in [0.15, 0.2) is 0 Å². The van der Waals surface area contributed by atoms with Crippen molar-refractivity contribution in [3.05, 3.63) is 25.3 Å². The fourth-order valence-electron chi connectivity index (χ4n) is 5.84. The van der Waals surface area contributed by atoms with E-state index in [4.69, 9.17) is 14.6 Å². The highest BCUT2D eigenvalue weighted by Gasteiger charge is 2.77. The van der Waals surface area contributed by atoms with Crippen molar-refractivity contribution in [2.24, 2.45) is 11.8 Å². The Balaban J connectivity index is 1.94. The van der Waals surface area contributed by atoms with Crippen molar-refractivity contribution in [2.75, 3.05) is 26.3 Å². The molecule has 0 radical (unpaired) electrons. The minimum absolute atomic E-state index is 0.0825. The van der Waals surface area contributed by atoms with Gasteiger partial charge in [-0.25, -0.2) is 0 Å². The molecule has 3 unspecified atom stereocenters. The maximum atomic E-state index is 14.0. The smallest absolute Gasteiger partial charge is 0.312 e. The molecule has 35 heavy (non-hydrogen) atoms. The van der Waals surface area contributed by atoms with Gasteiger partial charge in [-0.15, -0.1) is 13.2 Å². The number of aliphatic hydroxyl groups is 1. The lowest BCUT2D eigenvalue weighted by molar-refractivity contribution is -0.155. The lowest BCUT2D eigenvalue weighted by Gasteiger charge is -2.38. The van der Waals surface area contributed by atoms with Gasteiger partial charge >= 0.3 is 5.97 Å². The number of carbonyl (C=O) groups is 3. The SMILES string of the molecule is C=CCCCOC(=O)[C@H]1[C@H]2C(=O)N(CCCCCO)C(C(=O)N(CC=C)C(C)C)C23CC(Br)[C@@H]1O3. The Labute approximate surface area is 216 Å². The Kier molecular flexibility index (Phi) is 9.57. The second kappa shape index (κ2) is 12.0. The van der Waals surface area contributed by atoms with Crippen LogP contribution in [-0.4, -0.2) is 87.6 Å². The first-order valence-corrected chi connectivity index (χ1v) is 13.6. The molecule has 0 aliphatic carbocycles. The summed E-state index contributed by atoms with van der Waals surface area (Å²) in [6, 6.07) is -0.911. The summed E-state index contributed by atoms with van der Waals surface area (Å²) in [5.74, 6) is -2.35. The predicted molar refractivity (Wildman–Crippen MR) is 136 cm³/mol. The van der Waals surface area contributed by atoms with Crippen molar-refractivity contribution in [1.29, 1.82) is 0 Å². The Hall–Kier alpha value is -1.71. The van der Waals surface area contributed by atoms with Crippen LogP contribution in [0.4, 0.5) is 0 Å². The summed E-state index contributed by atoms with van der Waals surface area (Å²) in [5, 5.41) is 9.16. The monoisotopic (exact) mass is 554 g/mol. The molecule has 0 aromatic heterocycles. The molecule has 0 aromatic carbocycles. The first-order chi connectivity index (χ1) is 16.7. The summed E-state index contributed by atoms with van der Waals surface area (Å²) in [4.78, 5) is 44.2. The van der Waals surface area contributed by atoms with Gasteiger partial charge in [-0.3, -0.25) is 14.4 Å². The van der Waals surface area contributed by atoms with E-state index in [1.165, 1.54) is 0 Å². The second-order valence-corrected chi connectivity index (χ2v) is 11.1. The van der Waals surface area contributed by atoms with Crippen LogP contribution in [0.15, 0.2) is 25.3 Å². The molecule has 3 fully saturated rings. The molecule has 1 spiro atoms. The van der Waals surface area contributed by atoms with Crippen LogP contribution < -0.4 is 0 Å². The number of hydrogen-bond acceptors (Lipinski definition) is 6. The van der Waals surface area contributed by atoms with E-state index in [1.54, 1.807) is 22.0 Å². The number of carbonyl (C=O) groups excluding carboxylic acids is 3. The Bertz CT molecular complexity index is 820. The molecule has 0 aromatic rings. The molecule has 9 heteroatoms. The molecule has 1 N–H and O–H groups in total. The molecule has 0 saturated carbocycles. The number of unbranched alkanes of at least 4 members (excludes halogenated alkanes) is 3. The van der Waals surface area contributed by atoms with Gasteiger partial charge in [0.2, 0.25) is 11.8 Å². The highest BCUT2D eigenvalue weighted by Crippen LogP contribution is 2.60. The molecule has 196 valence electrons. The summed E-state index contributed by atoms with van der Waals surface area (Å²) in [6.07, 6.45) is 6.82.